The molecule has 1 saturated heterocycles. The Bertz CT molecular complexity index is 641. The lowest BCUT2D eigenvalue weighted by Crippen LogP contribution is -2.30. The Hall–Kier alpha value is -1.68. The highest BCUT2D eigenvalue weighted by Crippen LogP contribution is 2.28. The van der Waals surface area contributed by atoms with Gasteiger partial charge in [-0.15, -0.1) is 0 Å². The molecule has 4 heteroatoms. The Labute approximate surface area is 125 Å². The molecule has 0 spiro atoms. The maximum Gasteiger partial charge on any atom is 0.124 e. The highest BCUT2D eigenvalue weighted by Gasteiger charge is 2.17. The molecular formula is C17H22FN3. The van der Waals surface area contributed by atoms with Crippen molar-refractivity contribution in [3.8, 4) is 0 Å². The lowest BCUT2D eigenvalue weighted by atomic mass is 10.1. The molecule has 0 radical (unpaired) electrons. The van der Waals surface area contributed by atoms with Crippen LogP contribution in [0.3, 0.4) is 0 Å². The molecule has 1 fully saturated rings. The second-order valence-corrected chi connectivity index (χ2v) is 5.72. The molecule has 2 aromatic rings. The molecule has 2 heterocycles. The average molecular weight is 287 g/mol. The van der Waals surface area contributed by atoms with E-state index in [1.807, 2.05) is 6.92 Å². The summed E-state index contributed by atoms with van der Waals surface area (Å²) in [5, 5.41) is 0.922. The Kier molecular flexibility index (Phi) is 4.06. The molecule has 0 saturated carbocycles. The van der Waals surface area contributed by atoms with Crippen LogP contribution in [-0.4, -0.2) is 42.6 Å². The van der Waals surface area contributed by atoms with Crippen LogP contribution in [0.4, 0.5) is 10.1 Å². The van der Waals surface area contributed by atoms with E-state index in [1.54, 1.807) is 12.1 Å². The van der Waals surface area contributed by atoms with E-state index in [-0.39, 0.29) is 5.82 Å². The molecule has 0 bridgehead atoms. The zero-order valence-electron chi connectivity index (χ0n) is 12.8. The van der Waals surface area contributed by atoms with Crippen molar-refractivity contribution >= 4 is 16.6 Å². The highest BCUT2D eigenvalue weighted by molar-refractivity contribution is 5.92. The smallest absolute Gasteiger partial charge is 0.124 e. The number of aromatic nitrogens is 1. The minimum Gasteiger partial charge on any atom is -0.370 e. The second kappa shape index (κ2) is 5.98. The van der Waals surface area contributed by atoms with Crippen molar-refractivity contribution in [1.82, 2.24) is 9.88 Å². The number of anilines is 1. The quantitative estimate of drug-likeness (QED) is 0.845. The number of hydrogen-bond acceptors (Lipinski definition) is 3. The van der Waals surface area contributed by atoms with E-state index in [4.69, 9.17) is 0 Å². The van der Waals surface area contributed by atoms with Gasteiger partial charge in [0.15, 0.2) is 0 Å². The number of benzene rings is 1. The fourth-order valence-corrected chi connectivity index (χ4v) is 3.10. The van der Waals surface area contributed by atoms with Gasteiger partial charge in [-0.05, 0) is 50.7 Å². The number of rotatable bonds is 2. The van der Waals surface area contributed by atoms with E-state index < -0.39 is 0 Å². The molecule has 21 heavy (non-hydrogen) atoms. The molecular weight excluding hydrogens is 265 g/mol. The second-order valence-electron chi connectivity index (χ2n) is 5.72. The lowest BCUT2D eigenvalue weighted by molar-refractivity contribution is 0.310. The summed E-state index contributed by atoms with van der Waals surface area (Å²) in [6, 6.07) is 6.96. The van der Waals surface area contributed by atoms with Crippen LogP contribution in [0.15, 0.2) is 24.3 Å². The SMILES string of the molecule is CCN1CCCN(c2cc(C)nc3ccc(F)cc23)CC1. The van der Waals surface area contributed by atoms with Crippen molar-refractivity contribution in [3.05, 3.63) is 35.8 Å². The van der Waals surface area contributed by atoms with Crippen molar-refractivity contribution in [2.24, 2.45) is 0 Å². The number of halogens is 1. The van der Waals surface area contributed by atoms with Crippen LogP contribution < -0.4 is 4.90 Å². The van der Waals surface area contributed by atoms with E-state index in [2.05, 4.69) is 27.8 Å². The summed E-state index contributed by atoms with van der Waals surface area (Å²) >= 11 is 0. The maximum absolute atomic E-state index is 13.6. The molecule has 3 rings (SSSR count). The van der Waals surface area contributed by atoms with Crippen LogP contribution in [-0.2, 0) is 0 Å². The molecule has 1 aromatic heterocycles. The highest BCUT2D eigenvalue weighted by atomic mass is 19.1. The van der Waals surface area contributed by atoms with Crippen LogP contribution in [0.25, 0.3) is 10.9 Å². The van der Waals surface area contributed by atoms with E-state index in [0.717, 1.165) is 61.4 Å². The first kappa shape index (κ1) is 14.3. The molecule has 0 amide bonds. The Morgan fingerprint density at radius 2 is 2.00 bits per heavy atom. The first-order valence-corrected chi connectivity index (χ1v) is 7.71. The van der Waals surface area contributed by atoms with E-state index >= 15 is 0 Å². The standard InChI is InChI=1S/C17H22FN3/c1-3-20-7-4-8-21(10-9-20)17-11-13(2)19-16-6-5-14(18)12-15(16)17/h5-6,11-12H,3-4,7-10H2,1-2H3. The van der Waals surface area contributed by atoms with Crippen LogP contribution in [0.2, 0.25) is 0 Å². The summed E-state index contributed by atoms with van der Waals surface area (Å²) in [6.07, 6.45) is 1.14. The van der Waals surface area contributed by atoms with Gasteiger partial charge in [0.2, 0.25) is 0 Å². The predicted octanol–water partition coefficient (Wildman–Crippen LogP) is 3.21. The predicted molar refractivity (Wildman–Crippen MR) is 85.4 cm³/mol. The summed E-state index contributed by atoms with van der Waals surface area (Å²) in [5.41, 5.74) is 2.98. The number of likely N-dealkylation sites (N-methyl/N-ethyl adjacent to an activating group) is 1. The first-order valence-electron chi connectivity index (χ1n) is 7.71. The first-order chi connectivity index (χ1) is 10.2. The number of pyridine rings is 1. The van der Waals surface area contributed by atoms with E-state index in [0.29, 0.717) is 0 Å². The minimum absolute atomic E-state index is 0.195. The number of hydrogen-bond donors (Lipinski definition) is 0. The van der Waals surface area contributed by atoms with Gasteiger partial charge in [-0.1, -0.05) is 6.92 Å². The lowest BCUT2D eigenvalue weighted by Gasteiger charge is -2.25. The van der Waals surface area contributed by atoms with Gasteiger partial charge in [-0.3, -0.25) is 4.98 Å². The number of aryl methyl sites for hydroxylation is 1. The molecule has 1 aliphatic rings. The third-order valence-electron chi connectivity index (χ3n) is 4.25. The molecule has 0 unspecified atom stereocenters. The third kappa shape index (κ3) is 3.00. The molecule has 0 aliphatic carbocycles. The largest absolute Gasteiger partial charge is 0.370 e. The molecule has 112 valence electrons. The summed E-state index contributed by atoms with van der Waals surface area (Å²) in [6.45, 7) is 9.52. The summed E-state index contributed by atoms with van der Waals surface area (Å²) in [7, 11) is 0. The van der Waals surface area contributed by atoms with Gasteiger partial charge in [-0.25, -0.2) is 4.39 Å². The number of nitrogens with zero attached hydrogens (tertiary/aromatic N) is 3. The zero-order valence-corrected chi connectivity index (χ0v) is 12.8. The molecule has 1 aromatic carbocycles. The summed E-state index contributed by atoms with van der Waals surface area (Å²) < 4.78 is 13.6. The third-order valence-corrected chi connectivity index (χ3v) is 4.25. The van der Waals surface area contributed by atoms with Crippen molar-refractivity contribution in [1.29, 1.82) is 0 Å². The average Bonchev–Trinajstić information content (AvgIpc) is 2.72. The summed E-state index contributed by atoms with van der Waals surface area (Å²) in [4.78, 5) is 9.37. The summed E-state index contributed by atoms with van der Waals surface area (Å²) in [5.74, 6) is -0.195. The van der Waals surface area contributed by atoms with Gasteiger partial charge in [-0.2, -0.15) is 0 Å². The number of fused-ring (bicyclic) bond motifs is 1. The fourth-order valence-electron chi connectivity index (χ4n) is 3.10. The molecule has 1 aliphatic heterocycles. The van der Waals surface area contributed by atoms with Gasteiger partial charge in [0.25, 0.3) is 0 Å². The van der Waals surface area contributed by atoms with Gasteiger partial charge < -0.3 is 9.80 Å². The van der Waals surface area contributed by atoms with Crippen LogP contribution >= 0.6 is 0 Å². The normalized spacial score (nSPS) is 17.2. The van der Waals surface area contributed by atoms with Gasteiger partial charge >= 0.3 is 0 Å². The zero-order chi connectivity index (χ0) is 14.8. The van der Waals surface area contributed by atoms with Crippen LogP contribution in [0.5, 0.6) is 0 Å². The topological polar surface area (TPSA) is 19.4 Å². The van der Waals surface area contributed by atoms with E-state index in [9.17, 15) is 4.39 Å². The fraction of sp³-hybridized carbons (Fsp3) is 0.471. The van der Waals surface area contributed by atoms with Gasteiger partial charge in [0, 0.05) is 36.4 Å². The maximum atomic E-state index is 13.6. The van der Waals surface area contributed by atoms with Gasteiger partial charge in [0.05, 0.1) is 5.52 Å². The minimum atomic E-state index is -0.195. The Morgan fingerprint density at radius 1 is 1.14 bits per heavy atom. The van der Waals surface area contributed by atoms with Crippen molar-refractivity contribution in [2.75, 3.05) is 37.6 Å². The molecule has 0 atom stereocenters. The van der Waals surface area contributed by atoms with Crippen molar-refractivity contribution < 1.29 is 4.39 Å². The molecule has 0 N–H and O–H groups in total. The monoisotopic (exact) mass is 287 g/mol. The van der Waals surface area contributed by atoms with Crippen LogP contribution in [0, 0.1) is 12.7 Å². The van der Waals surface area contributed by atoms with Crippen LogP contribution in [0.1, 0.15) is 19.0 Å². The van der Waals surface area contributed by atoms with Gasteiger partial charge in [0.1, 0.15) is 5.82 Å². The Morgan fingerprint density at radius 3 is 2.81 bits per heavy atom. The van der Waals surface area contributed by atoms with Crippen molar-refractivity contribution in [2.45, 2.75) is 20.3 Å². The Balaban J connectivity index is 2.00. The van der Waals surface area contributed by atoms with Crippen molar-refractivity contribution in [3.63, 3.8) is 0 Å². The molecule has 3 nitrogen and oxygen atoms in total. The van der Waals surface area contributed by atoms with E-state index in [1.165, 1.54) is 6.07 Å².